The summed E-state index contributed by atoms with van der Waals surface area (Å²) in [6.45, 7) is 13.4. The minimum absolute atomic E-state index is 0.0518. The van der Waals surface area contributed by atoms with Gasteiger partial charge >= 0.3 is 0 Å². The van der Waals surface area contributed by atoms with Crippen LogP contribution >= 0.6 is 0 Å². The Labute approximate surface area is 123 Å². The van der Waals surface area contributed by atoms with Crippen molar-refractivity contribution in [1.82, 2.24) is 4.98 Å². The first kappa shape index (κ1) is 15.1. The van der Waals surface area contributed by atoms with Crippen LogP contribution < -0.4 is 10.2 Å². The van der Waals surface area contributed by atoms with Crippen LogP contribution in [-0.2, 0) is 0 Å². The number of rotatable bonds is 3. The van der Waals surface area contributed by atoms with Gasteiger partial charge in [0, 0.05) is 18.6 Å². The van der Waals surface area contributed by atoms with Gasteiger partial charge in [-0.2, -0.15) is 0 Å². The maximum absolute atomic E-state index is 4.77. The van der Waals surface area contributed by atoms with Gasteiger partial charge in [-0.1, -0.05) is 19.9 Å². The molecular weight excluding hydrogens is 246 g/mol. The zero-order chi connectivity index (χ0) is 14.8. The Hall–Kier alpha value is -1.25. The summed E-state index contributed by atoms with van der Waals surface area (Å²) in [7, 11) is 0. The molecule has 1 saturated heterocycles. The second-order valence-electron chi connectivity index (χ2n) is 7.32. The van der Waals surface area contributed by atoms with Crippen molar-refractivity contribution in [3.63, 3.8) is 0 Å². The first-order valence-electron chi connectivity index (χ1n) is 7.85. The number of nitrogens with one attached hydrogen (secondary N) is 1. The van der Waals surface area contributed by atoms with Crippen molar-refractivity contribution in [2.45, 2.75) is 53.0 Å². The van der Waals surface area contributed by atoms with Crippen LogP contribution in [0.15, 0.2) is 18.2 Å². The van der Waals surface area contributed by atoms with Crippen LogP contribution in [0.1, 0.15) is 47.5 Å². The number of nitrogens with zero attached hydrogens (tertiary/aromatic N) is 2. The minimum Gasteiger partial charge on any atom is -0.365 e. The van der Waals surface area contributed by atoms with Gasteiger partial charge in [0.1, 0.15) is 11.6 Å². The SMILES string of the molecule is CC(C)C1CCN(c2cccc(NC(C)(C)C)n2)CC1. The summed E-state index contributed by atoms with van der Waals surface area (Å²) in [4.78, 5) is 7.19. The molecule has 2 heterocycles. The number of hydrogen-bond donors (Lipinski definition) is 1. The monoisotopic (exact) mass is 275 g/mol. The molecule has 1 fully saturated rings. The average Bonchev–Trinajstić information content (AvgIpc) is 2.37. The minimum atomic E-state index is 0.0518. The highest BCUT2D eigenvalue weighted by molar-refractivity contribution is 5.48. The highest BCUT2D eigenvalue weighted by atomic mass is 15.2. The molecule has 0 radical (unpaired) electrons. The molecule has 1 aliphatic rings. The maximum atomic E-state index is 4.77. The molecule has 0 atom stereocenters. The van der Waals surface area contributed by atoms with Gasteiger partial charge in [0.15, 0.2) is 0 Å². The highest BCUT2D eigenvalue weighted by Crippen LogP contribution is 2.27. The molecule has 0 aromatic carbocycles. The third kappa shape index (κ3) is 4.12. The molecule has 1 N–H and O–H groups in total. The van der Waals surface area contributed by atoms with E-state index in [1.54, 1.807) is 0 Å². The molecule has 20 heavy (non-hydrogen) atoms. The molecule has 0 saturated carbocycles. The molecule has 3 heteroatoms. The van der Waals surface area contributed by atoms with Crippen molar-refractivity contribution in [2.24, 2.45) is 11.8 Å². The summed E-state index contributed by atoms with van der Waals surface area (Å²) in [6, 6.07) is 6.28. The molecular formula is C17H29N3. The predicted molar refractivity (Wildman–Crippen MR) is 87.4 cm³/mol. The Morgan fingerprint density at radius 1 is 1.20 bits per heavy atom. The molecule has 1 aromatic heterocycles. The van der Waals surface area contributed by atoms with Gasteiger partial charge in [-0.15, -0.1) is 0 Å². The third-order valence-electron chi connectivity index (χ3n) is 4.04. The Morgan fingerprint density at radius 2 is 1.85 bits per heavy atom. The summed E-state index contributed by atoms with van der Waals surface area (Å²) < 4.78 is 0. The van der Waals surface area contributed by atoms with E-state index in [0.717, 1.165) is 36.6 Å². The van der Waals surface area contributed by atoms with Gasteiger partial charge in [-0.25, -0.2) is 4.98 Å². The number of pyridine rings is 1. The van der Waals surface area contributed by atoms with Gasteiger partial charge in [-0.3, -0.25) is 0 Å². The van der Waals surface area contributed by atoms with Crippen molar-refractivity contribution in [3.05, 3.63) is 18.2 Å². The van der Waals surface area contributed by atoms with Gasteiger partial charge in [0.25, 0.3) is 0 Å². The lowest BCUT2D eigenvalue weighted by molar-refractivity contribution is 0.311. The van der Waals surface area contributed by atoms with Crippen molar-refractivity contribution in [3.8, 4) is 0 Å². The molecule has 112 valence electrons. The molecule has 0 amide bonds. The average molecular weight is 275 g/mol. The maximum Gasteiger partial charge on any atom is 0.130 e. The number of piperidine rings is 1. The van der Waals surface area contributed by atoms with Crippen molar-refractivity contribution < 1.29 is 0 Å². The first-order valence-corrected chi connectivity index (χ1v) is 7.85. The van der Waals surface area contributed by atoms with Crippen LogP contribution in [0.3, 0.4) is 0 Å². The van der Waals surface area contributed by atoms with Crippen LogP contribution in [0, 0.1) is 11.8 Å². The van der Waals surface area contributed by atoms with Gasteiger partial charge in [0.05, 0.1) is 0 Å². The normalized spacial score (nSPS) is 17.6. The predicted octanol–water partition coefficient (Wildman–Crippen LogP) is 4.16. The largest absolute Gasteiger partial charge is 0.365 e. The van der Waals surface area contributed by atoms with E-state index in [9.17, 15) is 0 Å². The third-order valence-corrected chi connectivity index (χ3v) is 4.04. The van der Waals surface area contributed by atoms with Crippen LogP contribution in [-0.4, -0.2) is 23.6 Å². The fourth-order valence-corrected chi connectivity index (χ4v) is 2.85. The smallest absolute Gasteiger partial charge is 0.130 e. The molecule has 1 aromatic rings. The Morgan fingerprint density at radius 3 is 2.40 bits per heavy atom. The Bertz CT molecular complexity index is 426. The van der Waals surface area contributed by atoms with Crippen LogP contribution in [0.2, 0.25) is 0 Å². The van der Waals surface area contributed by atoms with Gasteiger partial charge < -0.3 is 10.2 Å². The van der Waals surface area contributed by atoms with Crippen LogP contribution in [0.25, 0.3) is 0 Å². The Kier molecular flexibility index (Phi) is 4.56. The topological polar surface area (TPSA) is 28.2 Å². The molecule has 0 unspecified atom stereocenters. The lowest BCUT2D eigenvalue weighted by atomic mass is 9.87. The molecule has 0 spiro atoms. The quantitative estimate of drug-likeness (QED) is 0.897. The van der Waals surface area contributed by atoms with E-state index in [4.69, 9.17) is 4.98 Å². The zero-order valence-corrected chi connectivity index (χ0v) is 13.6. The lowest BCUT2D eigenvalue weighted by Gasteiger charge is -2.35. The van der Waals surface area contributed by atoms with E-state index >= 15 is 0 Å². The second kappa shape index (κ2) is 6.02. The molecule has 3 nitrogen and oxygen atoms in total. The summed E-state index contributed by atoms with van der Waals surface area (Å²) >= 11 is 0. The molecule has 0 bridgehead atoms. The van der Waals surface area contributed by atoms with Crippen LogP contribution in [0.4, 0.5) is 11.6 Å². The van der Waals surface area contributed by atoms with E-state index in [2.05, 4.69) is 63.0 Å². The zero-order valence-electron chi connectivity index (χ0n) is 13.6. The second-order valence-corrected chi connectivity index (χ2v) is 7.32. The highest BCUT2D eigenvalue weighted by Gasteiger charge is 2.22. The van der Waals surface area contributed by atoms with Crippen molar-refractivity contribution in [1.29, 1.82) is 0 Å². The van der Waals surface area contributed by atoms with Gasteiger partial charge in [-0.05, 0) is 57.6 Å². The van der Waals surface area contributed by atoms with E-state index in [-0.39, 0.29) is 5.54 Å². The van der Waals surface area contributed by atoms with Crippen molar-refractivity contribution >= 4 is 11.6 Å². The number of aromatic nitrogens is 1. The van der Waals surface area contributed by atoms with E-state index in [1.165, 1.54) is 12.8 Å². The summed E-state index contributed by atoms with van der Waals surface area (Å²) in [6.07, 6.45) is 2.58. The summed E-state index contributed by atoms with van der Waals surface area (Å²) in [5.41, 5.74) is 0.0518. The standard InChI is InChI=1S/C17H29N3/c1-13(2)14-9-11-20(12-10-14)16-8-6-7-15(18-16)19-17(3,4)5/h6-8,13-14H,9-12H2,1-5H3,(H,18,19). The fraction of sp³-hybridized carbons (Fsp3) is 0.706. The number of hydrogen-bond acceptors (Lipinski definition) is 3. The van der Waals surface area contributed by atoms with Gasteiger partial charge in [0.2, 0.25) is 0 Å². The van der Waals surface area contributed by atoms with E-state index < -0.39 is 0 Å². The number of anilines is 2. The Balaban J connectivity index is 2.01. The van der Waals surface area contributed by atoms with Crippen LogP contribution in [0.5, 0.6) is 0 Å². The lowest BCUT2D eigenvalue weighted by Crippen LogP contribution is -2.36. The summed E-state index contributed by atoms with van der Waals surface area (Å²) in [5, 5.41) is 3.45. The molecule has 0 aliphatic carbocycles. The molecule has 1 aliphatic heterocycles. The first-order chi connectivity index (χ1) is 9.35. The van der Waals surface area contributed by atoms with Crippen molar-refractivity contribution in [2.75, 3.05) is 23.3 Å². The summed E-state index contributed by atoms with van der Waals surface area (Å²) in [5.74, 6) is 3.77. The fourth-order valence-electron chi connectivity index (χ4n) is 2.85. The molecule has 2 rings (SSSR count). The van der Waals surface area contributed by atoms with E-state index in [1.807, 2.05) is 0 Å². The van der Waals surface area contributed by atoms with E-state index in [0.29, 0.717) is 0 Å².